The highest BCUT2D eigenvalue weighted by Crippen LogP contribution is 2.22. The summed E-state index contributed by atoms with van der Waals surface area (Å²) in [5.41, 5.74) is 2.06. The Labute approximate surface area is 112 Å². The SMILES string of the molecule is CC(=O)C(Cc1ccc(Cl)cc1)c1cccnc1. The van der Waals surface area contributed by atoms with Crippen molar-refractivity contribution in [3.63, 3.8) is 0 Å². The predicted octanol–water partition coefficient (Wildman–Crippen LogP) is 3.65. The molecule has 0 aliphatic rings. The van der Waals surface area contributed by atoms with Crippen LogP contribution < -0.4 is 0 Å². The monoisotopic (exact) mass is 259 g/mol. The molecule has 1 aromatic carbocycles. The number of rotatable bonds is 4. The lowest BCUT2D eigenvalue weighted by Crippen LogP contribution is -2.12. The van der Waals surface area contributed by atoms with Gasteiger partial charge in [0.05, 0.1) is 0 Å². The van der Waals surface area contributed by atoms with E-state index in [0.29, 0.717) is 11.4 Å². The molecule has 1 atom stereocenters. The first-order chi connectivity index (χ1) is 8.66. The molecule has 0 bridgehead atoms. The summed E-state index contributed by atoms with van der Waals surface area (Å²) >= 11 is 5.85. The van der Waals surface area contributed by atoms with Gasteiger partial charge in [-0.05, 0) is 42.7 Å². The van der Waals surface area contributed by atoms with Gasteiger partial charge < -0.3 is 0 Å². The van der Waals surface area contributed by atoms with Crippen LogP contribution >= 0.6 is 11.6 Å². The van der Waals surface area contributed by atoms with Gasteiger partial charge >= 0.3 is 0 Å². The molecule has 0 fully saturated rings. The number of Topliss-reactive ketones (excluding diaryl/α,β-unsaturated/α-hetero) is 1. The Morgan fingerprint density at radius 1 is 1.28 bits per heavy atom. The average Bonchev–Trinajstić information content (AvgIpc) is 2.38. The van der Waals surface area contributed by atoms with Crippen molar-refractivity contribution in [2.45, 2.75) is 19.3 Å². The van der Waals surface area contributed by atoms with Crippen LogP contribution in [0.3, 0.4) is 0 Å². The summed E-state index contributed by atoms with van der Waals surface area (Å²) in [6, 6.07) is 11.4. The highest BCUT2D eigenvalue weighted by molar-refractivity contribution is 6.30. The highest BCUT2D eigenvalue weighted by Gasteiger charge is 2.17. The third-order valence-electron chi connectivity index (χ3n) is 2.93. The van der Waals surface area contributed by atoms with Gasteiger partial charge in [0.25, 0.3) is 0 Å². The zero-order valence-electron chi connectivity index (χ0n) is 10.1. The number of hydrogen-bond acceptors (Lipinski definition) is 2. The lowest BCUT2D eigenvalue weighted by molar-refractivity contribution is -0.118. The molecule has 92 valence electrons. The fourth-order valence-corrected chi connectivity index (χ4v) is 2.06. The second-order valence-electron chi connectivity index (χ2n) is 4.28. The molecule has 18 heavy (non-hydrogen) atoms. The summed E-state index contributed by atoms with van der Waals surface area (Å²) in [4.78, 5) is 15.8. The minimum atomic E-state index is -0.139. The molecule has 0 saturated heterocycles. The maximum Gasteiger partial charge on any atom is 0.137 e. The van der Waals surface area contributed by atoms with Gasteiger partial charge in [0.1, 0.15) is 5.78 Å². The van der Waals surface area contributed by atoms with Crippen molar-refractivity contribution in [2.75, 3.05) is 0 Å². The molecular weight excluding hydrogens is 246 g/mol. The van der Waals surface area contributed by atoms with E-state index < -0.39 is 0 Å². The Morgan fingerprint density at radius 2 is 2.00 bits per heavy atom. The number of hydrogen-bond donors (Lipinski definition) is 0. The van der Waals surface area contributed by atoms with Crippen LogP contribution in [0, 0.1) is 0 Å². The predicted molar refractivity (Wildman–Crippen MR) is 72.8 cm³/mol. The molecule has 1 unspecified atom stereocenters. The van der Waals surface area contributed by atoms with Crippen LogP contribution in [-0.2, 0) is 11.2 Å². The van der Waals surface area contributed by atoms with Crippen LogP contribution in [0.1, 0.15) is 24.0 Å². The molecule has 0 aliphatic heterocycles. The van der Waals surface area contributed by atoms with E-state index in [-0.39, 0.29) is 11.7 Å². The Balaban J connectivity index is 2.22. The summed E-state index contributed by atoms with van der Waals surface area (Å²) < 4.78 is 0. The highest BCUT2D eigenvalue weighted by atomic mass is 35.5. The van der Waals surface area contributed by atoms with Gasteiger partial charge in [-0.25, -0.2) is 0 Å². The summed E-state index contributed by atoms with van der Waals surface area (Å²) in [5.74, 6) is 0.0119. The maximum atomic E-state index is 11.8. The average molecular weight is 260 g/mol. The van der Waals surface area contributed by atoms with Gasteiger partial charge in [-0.2, -0.15) is 0 Å². The van der Waals surface area contributed by atoms with Crippen LogP contribution in [0.4, 0.5) is 0 Å². The summed E-state index contributed by atoms with van der Waals surface area (Å²) in [7, 11) is 0. The second kappa shape index (κ2) is 5.78. The van der Waals surface area contributed by atoms with E-state index in [1.54, 1.807) is 19.3 Å². The molecule has 3 heteroatoms. The number of benzene rings is 1. The fourth-order valence-electron chi connectivity index (χ4n) is 1.93. The molecule has 1 aromatic heterocycles. The molecule has 0 spiro atoms. The first-order valence-corrected chi connectivity index (χ1v) is 6.19. The number of carbonyl (C=O) groups excluding carboxylic acids is 1. The van der Waals surface area contributed by atoms with E-state index in [1.165, 1.54) is 0 Å². The Hall–Kier alpha value is -1.67. The van der Waals surface area contributed by atoms with E-state index in [2.05, 4.69) is 4.98 Å². The topological polar surface area (TPSA) is 30.0 Å². The Kier molecular flexibility index (Phi) is 4.11. The summed E-state index contributed by atoms with van der Waals surface area (Å²) in [6.45, 7) is 1.62. The Bertz CT molecular complexity index is 522. The third kappa shape index (κ3) is 3.17. The number of aromatic nitrogens is 1. The second-order valence-corrected chi connectivity index (χ2v) is 4.72. The van der Waals surface area contributed by atoms with E-state index in [4.69, 9.17) is 11.6 Å². The molecule has 1 heterocycles. The molecule has 0 N–H and O–H groups in total. The van der Waals surface area contributed by atoms with Crippen molar-refractivity contribution >= 4 is 17.4 Å². The molecular formula is C15H14ClNO. The minimum Gasteiger partial charge on any atom is -0.299 e. The van der Waals surface area contributed by atoms with Gasteiger partial charge in [0, 0.05) is 23.3 Å². The van der Waals surface area contributed by atoms with Crippen molar-refractivity contribution in [1.29, 1.82) is 0 Å². The first kappa shape index (κ1) is 12.8. The van der Waals surface area contributed by atoms with E-state index in [9.17, 15) is 4.79 Å². The lowest BCUT2D eigenvalue weighted by Gasteiger charge is -2.13. The molecule has 2 rings (SSSR count). The van der Waals surface area contributed by atoms with Crippen molar-refractivity contribution in [3.8, 4) is 0 Å². The van der Waals surface area contributed by atoms with Crippen molar-refractivity contribution in [2.24, 2.45) is 0 Å². The normalized spacial score (nSPS) is 12.1. The minimum absolute atomic E-state index is 0.139. The Morgan fingerprint density at radius 3 is 2.56 bits per heavy atom. The molecule has 0 amide bonds. The van der Waals surface area contributed by atoms with Crippen LogP contribution in [-0.4, -0.2) is 10.8 Å². The van der Waals surface area contributed by atoms with Gasteiger partial charge in [-0.15, -0.1) is 0 Å². The van der Waals surface area contributed by atoms with Crippen LogP contribution in [0.15, 0.2) is 48.8 Å². The van der Waals surface area contributed by atoms with Crippen molar-refractivity contribution in [1.82, 2.24) is 4.98 Å². The van der Waals surface area contributed by atoms with Crippen molar-refractivity contribution < 1.29 is 4.79 Å². The molecule has 0 aliphatic carbocycles. The number of pyridine rings is 1. The molecule has 2 nitrogen and oxygen atoms in total. The molecule has 2 aromatic rings. The molecule has 0 radical (unpaired) electrons. The zero-order valence-corrected chi connectivity index (χ0v) is 10.9. The van der Waals surface area contributed by atoms with Crippen LogP contribution in [0.25, 0.3) is 0 Å². The standard InChI is InChI=1S/C15H14ClNO/c1-11(18)15(13-3-2-8-17-10-13)9-12-4-6-14(16)7-5-12/h2-8,10,15H,9H2,1H3. The van der Waals surface area contributed by atoms with Crippen molar-refractivity contribution in [3.05, 3.63) is 64.9 Å². The zero-order chi connectivity index (χ0) is 13.0. The van der Waals surface area contributed by atoms with Crippen LogP contribution in [0.5, 0.6) is 0 Å². The fraction of sp³-hybridized carbons (Fsp3) is 0.200. The number of ketones is 1. The number of nitrogens with zero attached hydrogens (tertiary/aromatic N) is 1. The maximum absolute atomic E-state index is 11.8. The van der Waals surface area contributed by atoms with Crippen LogP contribution in [0.2, 0.25) is 5.02 Å². The van der Waals surface area contributed by atoms with E-state index >= 15 is 0 Å². The first-order valence-electron chi connectivity index (χ1n) is 5.81. The van der Waals surface area contributed by atoms with E-state index in [0.717, 1.165) is 11.1 Å². The quantitative estimate of drug-likeness (QED) is 0.839. The van der Waals surface area contributed by atoms with E-state index in [1.807, 2.05) is 36.4 Å². The van der Waals surface area contributed by atoms with Gasteiger partial charge in [-0.1, -0.05) is 29.8 Å². The number of halogens is 1. The van der Waals surface area contributed by atoms with Gasteiger partial charge in [-0.3, -0.25) is 9.78 Å². The molecule has 0 saturated carbocycles. The van der Waals surface area contributed by atoms with Gasteiger partial charge in [0.15, 0.2) is 0 Å². The third-order valence-corrected chi connectivity index (χ3v) is 3.18. The summed E-state index contributed by atoms with van der Waals surface area (Å²) in [6.07, 6.45) is 4.14. The van der Waals surface area contributed by atoms with Gasteiger partial charge in [0.2, 0.25) is 0 Å². The summed E-state index contributed by atoms with van der Waals surface area (Å²) in [5, 5.41) is 0.708. The largest absolute Gasteiger partial charge is 0.299 e. The number of carbonyl (C=O) groups is 1. The smallest absolute Gasteiger partial charge is 0.137 e. The lowest BCUT2D eigenvalue weighted by atomic mass is 9.90.